The molecule has 0 heterocycles. The first-order chi connectivity index (χ1) is 7.85. The van der Waals surface area contributed by atoms with E-state index in [4.69, 9.17) is 5.21 Å². The molecule has 2 nitrogen and oxygen atoms in total. The number of hydrogen-bond acceptors (Lipinski definition) is 2. The van der Waals surface area contributed by atoms with Crippen molar-refractivity contribution in [3.8, 4) is 0 Å². The van der Waals surface area contributed by atoms with E-state index in [0.29, 0.717) is 5.92 Å². The van der Waals surface area contributed by atoms with Crippen molar-refractivity contribution in [1.82, 2.24) is 5.48 Å². The lowest BCUT2D eigenvalue weighted by atomic mass is 9.95. The molecule has 0 amide bonds. The Morgan fingerprint density at radius 3 is 2.00 bits per heavy atom. The molecule has 16 heavy (non-hydrogen) atoms. The van der Waals surface area contributed by atoms with Crippen LogP contribution < -0.4 is 5.48 Å². The summed E-state index contributed by atoms with van der Waals surface area (Å²) in [5, 5.41) is 8.76. The van der Waals surface area contributed by atoms with Gasteiger partial charge < -0.3 is 5.21 Å². The van der Waals surface area contributed by atoms with Gasteiger partial charge in [0.15, 0.2) is 0 Å². The highest BCUT2D eigenvalue weighted by molar-refractivity contribution is 4.60. The molecule has 0 aliphatic carbocycles. The molecule has 0 saturated heterocycles. The minimum atomic E-state index is 0.677. The van der Waals surface area contributed by atoms with Gasteiger partial charge in [0.05, 0.1) is 0 Å². The molecule has 0 aromatic heterocycles. The van der Waals surface area contributed by atoms with Crippen molar-refractivity contribution in [2.45, 2.75) is 78.1 Å². The number of hydroxylamine groups is 1. The van der Waals surface area contributed by atoms with Crippen LogP contribution in [0.25, 0.3) is 0 Å². The Labute approximate surface area is 102 Å². The normalized spacial score (nSPS) is 12.9. The van der Waals surface area contributed by atoms with Crippen molar-refractivity contribution in [3.63, 3.8) is 0 Å². The Hall–Kier alpha value is -0.0800. The van der Waals surface area contributed by atoms with E-state index in [1.165, 1.54) is 64.2 Å². The molecule has 2 N–H and O–H groups in total. The first-order valence-corrected chi connectivity index (χ1v) is 7.22. The first kappa shape index (κ1) is 15.9. The highest BCUT2D eigenvalue weighted by atomic mass is 16.5. The van der Waals surface area contributed by atoms with Gasteiger partial charge in [-0.1, -0.05) is 65.2 Å². The zero-order chi connectivity index (χ0) is 12.1. The summed E-state index contributed by atoms with van der Waals surface area (Å²) >= 11 is 0. The number of unbranched alkanes of at least 4 members (excludes halogenated alkanes) is 6. The van der Waals surface area contributed by atoms with Crippen molar-refractivity contribution < 1.29 is 5.21 Å². The molecule has 2 heteroatoms. The summed E-state index contributed by atoms with van der Waals surface area (Å²) < 4.78 is 0. The number of rotatable bonds is 12. The molecule has 0 fully saturated rings. The third-order valence-electron chi connectivity index (χ3n) is 3.31. The molecule has 0 aliphatic rings. The van der Waals surface area contributed by atoms with Crippen LogP contribution in [0, 0.1) is 5.92 Å². The van der Waals surface area contributed by atoms with Gasteiger partial charge in [-0.25, -0.2) is 5.48 Å². The van der Waals surface area contributed by atoms with Gasteiger partial charge in [-0.3, -0.25) is 0 Å². The Bertz CT molecular complexity index is 128. The lowest BCUT2D eigenvalue weighted by Crippen LogP contribution is -2.19. The fraction of sp³-hybridized carbons (Fsp3) is 1.00. The van der Waals surface area contributed by atoms with Crippen molar-refractivity contribution in [2.24, 2.45) is 5.92 Å². The van der Waals surface area contributed by atoms with Gasteiger partial charge in [-0.2, -0.15) is 0 Å². The van der Waals surface area contributed by atoms with Gasteiger partial charge >= 0.3 is 0 Å². The summed E-state index contributed by atoms with van der Waals surface area (Å²) in [4.78, 5) is 0. The second-order valence-electron chi connectivity index (χ2n) is 4.93. The Balaban J connectivity index is 3.36. The maximum atomic E-state index is 8.76. The molecule has 0 spiro atoms. The quantitative estimate of drug-likeness (QED) is 0.381. The summed E-state index contributed by atoms with van der Waals surface area (Å²) in [6.07, 6.45) is 13.3. The van der Waals surface area contributed by atoms with E-state index < -0.39 is 0 Å². The third-order valence-corrected chi connectivity index (χ3v) is 3.31. The van der Waals surface area contributed by atoms with Gasteiger partial charge in [-0.05, 0) is 18.8 Å². The molecule has 1 unspecified atom stereocenters. The largest absolute Gasteiger partial charge is 0.317 e. The molecule has 98 valence electrons. The predicted octanol–water partition coefficient (Wildman–Crippen LogP) is 4.52. The van der Waals surface area contributed by atoms with E-state index in [1.54, 1.807) is 0 Å². The molecular weight excluding hydrogens is 198 g/mol. The summed E-state index contributed by atoms with van der Waals surface area (Å²) in [5.74, 6) is 0.677. The van der Waals surface area contributed by atoms with Crippen molar-refractivity contribution in [1.29, 1.82) is 0 Å². The second-order valence-corrected chi connectivity index (χ2v) is 4.93. The second kappa shape index (κ2) is 13.0. The van der Waals surface area contributed by atoms with Gasteiger partial charge in [-0.15, -0.1) is 0 Å². The monoisotopic (exact) mass is 229 g/mol. The van der Waals surface area contributed by atoms with Crippen LogP contribution in [-0.2, 0) is 0 Å². The maximum Gasteiger partial charge on any atom is 0.0235 e. The van der Waals surface area contributed by atoms with Crippen LogP contribution >= 0.6 is 0 Å². The number of hydrogen-bond donors (Lipinski definition) is 2. The van der Waals surface area contributed by atoms with E-state index in [0.717, 1.165) is 6.54 Å². The summed E-state index contributed by atoms with van der Waals surface area (Å²) in [6, 6.07) is 0. The van der Waals surface area contributed by atoms with E-state index in [-0.39, 0.29) is 0 Å². The molecule has 0 rings (SSSR count). The number of nitrogens with one attached hydrogen (secondary N) is 1. The highest BCUT2D eigenvalue weighted by Crippen LogP contribution is 2.17. The van der Waals surface area contributed by atoms with E-state index in [1.807, 2.05) is 0 Å². The molecule has 0 saturated carbocycles. The van der Waals surface area contributed by atoms with Crippen LogP contribution in [0.15, 0.2) is 0 Å². The van der Waals surface area contributed by atoms with Gasteiger partial charge in [0, 0.05) is 6.54 Å². The average Bonchev–Trinajstić information content (AvgIpc) is 2.30. The van der Waals surface area contributed by atoms with Gasteiger partial charge in [0.2, 0.25) is 0 Å². The Morgan fingerprint density at radius 1 is 0.812 bits per heavy atom. The topological polar surface area (TPSA) is 32.3 Å². The molecule has 0 radical (unpaired) electrons. The Morgan fingerprint density at radius 2 is 1.38 bits per heavy atom. The standard InChI is InChI=1S/C14H31NO/c1-3-5-7-8-9-10-12-14(13-15-16)11-6-4-2/h14-16H,3-13H2,1-2H3. The summed E-state index contributed by atoms with van der Waals surface area (Å²) in [6.45, 7) is 5.26. The third kappa shape index (κ3) is 10.4. The van der Waals surface area contributed by atoms with E-state index >= 15 is 0 Å². The fourth-order valence-corrected chi connectivity index (χ4v) is 2.18. The summed E-state index contributed by atoms with van der Waals surface area (Å²) in [7, 11) is 0. The smallest absolute Gasteiger partial charge is 0.0235 e. The Kier molecular flexibility index (Phi) is 12.9. The SMILES string of the molecule is CCCCCCCCC(CCCC)CNO. The lowest BCUT2D eigenvalue weighted by Gasteiger charge is -2.15. The van der Waals surface area contributed by atoms with Crippen molar-refractivity contribution >= 4 is 0 Å². The molecular formula is C14H31NO. The van der Waals surface area contributed by atoms with Crippen molar-refractivity contribution in [3.05, 3.63) is 0 Å². The van der Waals surface area contributed by atoms with Crippen LogP contribution in [0.1, 0.15) is 78.1 Å². The first-order valence-electron chi connectivity index (χ1n) is 7.22. The zero-order valence-corrected chi connectivity index (χ0v) is 11.3. The predicted molar refractivity (Wildman–Crippen MR) is 70.8 cm³/mol. The molecule has 0 bridgehead atoms. The van der Waals surface area contributed by atoms with E-state index in [2.05, 4.69) is 19.3 Å². The minimum Gasteiger partial charge on any atom is -0.317 e. The van der Waals surface area contributed by atoms with Crippen LogP contribution in [-0.4, -0.2) is 11.8 Å². The molecule has 0 aromatic carbocycles. The van der Waals surface area contributed by atoms with E-state index in [9.17, 15) is 0 Å². The molecule has 0 aromatic rings. The van der Waals surface area contributed by atoms with Crippen LogP contribution in [0.2, 0.25) is 0 Å². The lowest BCUT2D eigenvalue weighted by molar-refractivity contribution is 0.142. The summed E-state index contributed by atoms with van der Waals surface area (Å²) in [5.41, 5.74) is 2.34. The maximum absolute atomic E-state index is 8.76. The zero-order valence-electron chi connectivity index (χ0n) is 11.3. The molecule has 1 atom stereocenters. The van der Waals surface area contributed by atoms with Gasteiger partial charge in [0.25, 0.3) is 0 Å². The average molecular weight is 229 g/mol. The minimum absolute atomic E-state index is 0.677. The van der Waals surface area contributed by atoms with Crippen LogP contribution in [0.4, 0.5) is 0 Å². The van der Waals surface area contributed by atoms with Crippen LogP contribution in [0.3, 0.4) is 0 Å². The fourth-order valence-electron chi connectivity index (χ4n) is 2.18. The van der Waals surface area contributed by atoms with Crippen molar-refractivity contribution in [2.75, 3.05) is 6.54 Å². The van der Waals surface area contributed by atoms with Crippen LogP contribution in [0.5, 0.6) is 0 Å². The highest BCUT2D eigenvalue weighted by Gasteiger charge is 2.06. The molecule has 0 aliphatic heterocycles. The van der Waals surface area contributed by atoms with Gasteiger partial charge in [0.1, 0.15) is 0 Å².